The number of aliphatic imine (C=N–C) groups is 1. The van der Waals surface area contributed by atoms with Crippen LogP contribution in [0.5, 0.6) is 0 Å². The highest BCUT2D eigenvalue weighted by atomic mass is 14.9. The van der Waals surface area contributed by atoms with Crippen molar-refractivity contribution >= 4 is 5.71 Å². The third-order valence-electron chi connectivity index (χ3n) is 3.63. The Morgan fingerprint density at radius 3 is 2.50 bits per heavy atom. The van der Waals surface area contributed by atoms with Crippen molar-refractivity contribution in [2.75, 3.05) is 0 Å². The summed E-state index contributed by atoms with van der Waals surface area (Å²) < 4.78 is 0. The monoisotopic (exact) mass is 322 g/mol. The molecule has 0 aliphatic heterocycles. The summed E-state index contributed by atoms with van der Waals surface area (Å²) in [5.74, 6) is 0. The van der Waals surface area contributed by atoms with E-state index in [2.05, 4.69) is 68.5 Å². The van der Waals surface area contributed by atoms with E-state index in [4.69, 9.17) is 0 Å². The number of nitrogens with zero attached hydrogens (tertiary/aromatic N) is 1. The number of benzene rings is 1. The summed E-state index contributed by atoms with van der Waals surface area (Å²) in [5, 5.41) is 3.39. The molecule has 0 heterocycles. The van der Waals surface area contributed by atoms with E-state index in [1.54, 1.807) is 0 Å². The number of hydrogen-bond acceptors (Lipinski definition) is 2. The van der Waals surface area contributed by atoms with Crippen LogP contribution >= 0.6 is 0 Å². The van der Waals surface area contributed by atoms with E-state index in [1.807, 2.05) is 26.1 Å². The van der Waals surface area contributed by atoms with Gasteiger partial charge in [-0.2, -0.15) is 0 Å². The van der Waals surface area contributed by atoms with Crippen LogP contribution in [0.4, 0.5) is 0 Å². The quantitative estimate of drug-likeness (QED) is 0.469. The Labute approximate surface area is 147 Å². The molecule has 0 unspecified atom stereocenters. The van der Waals surface area contributed by atoms with E-state index >= 15 is 0 Å². The SMILES string of the molecule is C=C(C)/C=C(C)/C(C)=N/C=C(\C)CC(=C)NCc1cccc(C)c1. The molecule has 0 aromatic heterocycles. The molecule has 0 spiro atoms. The average molecular weight is 322 g/mol. The second kappa shape index (κ2) is 9.71. The summed E-state index contributed by atoms with van der Waals surface area (Å²) in [6.45, 7) is 19.1. The fourth-order valence-corrected chi connectivity index (χ4v) is 2.28. The van der Waals surface area contributed by atoms with Crippen molar-refractivity contribution in [3.05, 3.63) is 83.2 Å². The van der Waals surface area contributed by atoms with Gasteiger partial charge in [-0.05, 0) is 51.3 Å². The second-order valence-corrected chi connectivity index (χ2v) is 6.49. The minimum Gasteiger partial charge on any atom is -0.384 e. The highest BCUT2D eigenvalue weighted by molar-refractivity contribution is 5.98. The molecule has 0 amide bonds. The Morgan fingerprint density at radius 1 is 1.17 bits per heavy atom. The first-order valence-electron chi connectivity index (χ1n) is 8.29. The zero-order valence-electron chi connectivity index (χ0n) is 15.7. The van der Waals surface area contributed by atoms with E-state index < -0.39 is 0 Å². The van der Waals surface area contributed by atoms with Gasteiger partial charge >= 0.3 is 0 Å². The molecule has 0 fully saturated rings. The fourth-order valence-electron chi connectivity index (χ4n) is 2.28. The Kier molecular flexibility index (Phi) is 7.97. The third-order valence-corrected chi connectivity index (χ3v) is 3.63. The molecule has 1 aromatic carbocycles. The van der Waals surface area contributed by atoms with Gasteiger partial charge in [0.05, 0.1) is 0 Å². The van der Waals surface area contributed by atoms with Crippen molar-refractivity contribution in [3.63, 3.8) is 0 Å². The first-order valence-corrected chi connectivity index (χ1v) is 8.29. The number of nitrogens with one attached hydrogen (secondary N) is 1. The minimum atomic E-state index is 0.797. The Hall–Kier alpha value is -2.35. The summed E-state index contributed by atoms with van der Waals surface area (Å²) in [4.78, 5) is 4.54. The Balaban J connectivity index is 2.55. The van der Waals surface area contributed by atoms with Gasteiger partial charge in [0.25, 0.3) is 0 Å². The van der Waals surface area contributed by atoms with Crippen molar-refractivity contribution in [1.82, 2.24) is 5.32 Å². The lowest BCUT2D eigenvalue weighted by molar-refractivity contribution is 0.782. The van der Waals surface area contributed by atoms with Crippen LogP contribution in [0, 0.1) is 6.92 Å². The summed E-state index contributed by atoms with van der Waals surface area (Å²) >= 11 is 0. The van der Waals surface area contributed by atoms with Crippen molar-refractivity contribution < 1.29 is 0 Å². The topological polar surface area (TPSA) is 24.4 Å². The van der Waals surface area contributed by atoms with Crippen LogP contribution in [0.1, 0.15) is 45.2 Å². The molecule has 0 bridgehead atoms. The molecule has 0 aliphatic rings. The van der Waals surface area contributed by atoms with E-state index in [1.165, 1.54) is 16.7 Å². The largest absolute Gasteiger partial charge is 0.384 e. The standard InChI is InChI=1S/C22H30N2/c1-16(2)11-19(5)21(7)24-14-18(4)12-20(6)23-15-22-10-8-9-17(3)13-22/h8-11,13-14,23H,1,6,12,15H2,2-5,7H3/b18-14+,19-11+,24-21+. The molecule has 0 saturated heterocycles. The number of aryl methyl sites for hydroxylation is 1. The van der Waals surface area contributed by atoms with Crippen molar-refractivity contribution in [2.45, 2.75) is 47.6 Å². The van der Waals surface area contributed by atoms with E-state index in [0.717, 1.165) is 35.5 Å². The maximum atomic E-state index is 4.54. The lowest BCUT2D eigenvalue weighted by Crippen LogP contribution is -2.12. The lowest BCUT2D eigenvalue weighted by Gasteiger charge is -2.10. The number of hydrogen-bond donors (Lipinski definition) is 1. The van der Waals surface area contributed by atoms with E-state index in [9.17, 15) is 0 Å². The Bertz CT molecular complexity index is 688. The van der Waals surface area contributed by atoms with Gasteiger partial charge in [-0.15, -0.1) is 0 Å². The average Bonchev–Trinajstić information content (AvgIpc) is 2.50. The summed E-state index contributed by atoms with van der Waals surface area (Å²) in [6, 6.07) is 8.50. The van der Waals surface area contributed by atoms with Crippen LogP contribution < -0.4 is 5.32 Å². The van der Waals surface area contributed by atoms with Crippen LogP contribution in [0.15, 0.2) is 77.1 Å². The summed E-state index contributed by atoms with van der Waals surface area (Å²) in [6.07, 6.45) is 4.76. The maximum Gasteiger partial charge on any atom is 0.0401 e. The molecule has 2 heteroatoms. The molecule has 0 aliphatic carbocycles. The summed E-state index contributed by atoms with van der Waals surface area (Å²) in [5.41, 5.74) is 7.92. The van der Waals surface area contributed by atoms with Gasteiger partial charge in [0.2, 0.25) is 0 Å². The molecule has 1 aromatic rings. The van der Waals surface area contributed by atoms with Gasteiger partial charge in [0, 0.05) is 30.6 Å². The molecular formula is C22H30N2. The van der Waals surface area contributed by atoms with Crippen LogP contribution in [0.3, 0.4) is 0 Å². The van der Waals surface area contributed by atoms with Crippen molar-refractivity contribution in [1.29, 1.82) is 0 Å². The second-order valence-electron chi connectivity index (χ2n) is 6.49. The fraction of sp³-hybridized carbons (Fsp3) is 0.318. The number of rotatable bonds is 8. The first kappa shape index (κ1) is 19.7. The zero-order chi connectivity index (χ0) is 18.1. The molecule has 1 rings (SSSR count). The maximum absolute atomic E-state index is 4.54. The molecule has 0 radical (unpaired) electrons. The molecular weight excluding hydrogens is 292 g/mol. The molecule has 24 heavy (non-hydrogen) atoms. The van der Waals surface area contributed by atoms with Gasteiger partial charge in [0.1, 0.15) is 0 Å². The zero-order valence-corrected chi connectivity index (χ0v) is 15.7. The van der Waals surface area contributed by atoms with Crippen molar-refractivity contribution in [3.8, 4) is 0 Å². The van der Waals surface area contributed by atoms with Crippen molar-refractivity contribution in [2.24, 2.45) is 4.99 Å². The third kappa shape index (κ3) is 7.77. The van der Waals surface area contributed by atoms with Gasteiger partial charge < -0.3 is 5.32 Å². The molecule has 2 nitrogen and oxygen atoms in total. The van der Waals surface area contributed by atoms with Gasteiger partial charge in [-0.1, -0.05) is 54.6 Å². The molecule has 0 atom stereocenters. The van der Waals surface area contributed by atoms with Crippen LogP contribution in [-0.4, -0.2) is 5.71 Å². The molecule has 128 valence electrons. The molecule has 1 N–H and O–H groups in total. The first-order chi connectivity index (χ1) is 11.3. The van der Waals surface area contributed by atoms with Crippen LogP contribution in [0.25, 0.3) is 0 Å². The summed E-state index contributed by atoms with van der Waals surface area (Å²) in [7, 11) is 0. The minimum absolute atomic E-state index is 0.797. The number of allylic oxidation sites excluding steroid dienone is 4. The van der Waals surface area contributed by atoms with Crippen LogP contribution in [0.2, 0.25) is 0 Å². The predicted octanol–water partition coefficient (Wildman–Crippen LogP) is 5.88. The predicted molar refractivity (Wildman–Crippen MR) is 107 cm³/mol. The van der Waals surface area contributed by atoms with Gasteiger partial charge in [-0.25, -0.2) is 0 Å². The highest BCUT2D eigenvalue weighted by Crippen LogP contribution is 2.10. The lowest BCUT2D eigenvalue weighted by atomic mass is 10.1. The Morgan fingerprint density at radius 2 is 1.88 bits per heavy atom. The smallest absolute Gasteiger partial charge is 0.0401 e. The normalized spacial score (nSPS) is 13.0. The van der Waals surface area contributed by atoms with E-state index in [0.29, 0.717) is 0 Å². The van der Waals surface area contributed by atoms with Crippen LogP contribution in [-0.2, 0) is 6.54 Å². The molecule has 0 saturated carbocycles. The van der Waals surface area contributed by atoms with E-state index in [-0.39, 0.29) is 0 Å². The van der Waals surface area contributed by atoms with Gasteiger partial charge in [0.15, 0.2) is 0 Å². The highest BCUT2D eigenvalue weighted by Gasteiger charge is 1.98. The van der Waals surface area contributed by atoms with Gasteiger partial charge in [-0.3, -0.25) is 4.99 Å².